The van der Waals surface area contributed by atoms with E-state index in [1.807, 2.05) is 12.1 Å². The van der Waals surface area contributed by atoms with Crippen molar-refractivity contribution in [2.45, 2.75) is 52.6 Å². The Labute approximate surface area is 177 Å². The van der Waals surface area contributed by atoms with Gasteiger partial charge in [0.1, 0.15) is 5.60 Å². The molecule has 2 aromatic rings. The van der Waals surface area contributed by atoms with Crippen molar-refractivity contribution in [1.29, 1.82) is 0 Å². The standard InChI is InChI=1S/C23H29N3O4/c1-22(2,3)17-11-7-15(8-12-17)19(27)25-26-20(28)16-9-13-18(14-10-16)24-21(29)30-23(4,5)6/h7-14H,1-6H3,(H,24,29)(H,25,27)(H,26,28). The molecule has 2 rings (SSSR count). The second-order valence-electron chi connectivity index (χ2n) is 8.94. The first-order chi connectivity index (χ1) is 13.8. The summed E-state index contributed by atoms with van der Waals surface area (Å²) in [6.45, 7) is 11.6. The largest absolute Gasteiger partial charge is 0.444 e. The molecule has 0 aliphatic carbocycles. The Kier molecular flexibility index (Phi) is 6.87. The van der Waals surface area contributed by atoms with Gasteiger partial charge >= 0.3 is 6.09 Å². The molecule has 7 heteroatoms. The van der Waals surface area contributed by atoms with Crippen molar-refractivity contribution in [2.24, 2.45) is 0 Å². The van der Waals surface area contributed by atoms with E-state index in [4.69, 9.17) is 4.74 Å². The highest BCUT2D eigenvalue weighted by atomic mass is 16.6. The fraction of sp³-hybridized carbons (Fsp3) is 0.348. The number of rotatable bonds is 3. The van der Waals surface area contributed by atoms with Crippen LogP contribution in [0.2, 0.25) is 0 Å². The maximum Gasteiger partial charge on any atom is 0.412 e. The molecule has 0 aliphatic rings. The summed E-state index contributed by atoms with van der Waals surface area (Å²) in [7, 11) is 0. The minimum Gasteiger partial charge on any atom is -0.444 e. The molecular formula is C23H29N3O4. The van der Waals surface area contributed by atoms with Crippen molar-refractivity contribution in [3.63, 3.8) is 0 Å². The quantitative estimate of drug-likeness (QED) is 0.652. The van der Waals surface area contributed by atoms with E-state index in [0.29, 0.717) is 16.8 Å². The minimum absolute atomic E-state index is 0.00623. The molecule has 0 unspecified atom stereocenters. The summed E-state index contributed by atoms with van der Waals surface area (Å²) in [5.41, 5.74) is 6.55. The number of hydrogen-bond acceptors (Lipinski definition) is 4. The van der Waals surface area contributed by atoms with Crippen LogP contribution >= 0.6 is 0 Å². The van der Waals surface area contributed by atoms with Gasteiger partial charge in [0.15, 0.2) is 0 Å². The van der Waals surface area contributed by atoms with Crippen LogP contribution in [0, 0.1) is 0 Å². The maximum atomic E-state index is 12.2. The van der Waals surface area contributed by atoms with Crippen molar-refractivity contribution in [3.8, 4) is 0 Å². The monoisotopic (exact) mass is 411 g/mol. The van der Waals surface area contributed by atoms with E-state index in [9.17, 15) is 14.4 Å². The van der Waals surface area contributed by atoms with Crippen LogP contribution in [-0.4, -0.2) is 23.5 Å². The van der Waals surface area contributed by atoms with E-state index in [1.54, 1.807) is 45.0 Å². The van der Waals surface area contributed by atoms with Crippen LogP contribution in [0.25, 0.3) is 0 Å². The molecule has 160 valence electrons. The first kappa shape index (κ1) is 22.9. The van der Waals surface area contributed by atoms with E-state index >= 15 is 0 Å². The Bertz CT molecular complexity index is 905. The second-order valence-corrected chi connectivity index (χ2v) is 8.94. The van der Waals surface area contributed by atoms with Gasteiger partial charge in [-0.2, -0.15) is 0 Å². The molecule has 7 nitrogen and oxygen atoms in total. The van der Waals surface area contributed by atoms with Gasteiger partial charge in [-0.15, -0.1) is 0 Å². The minimum atomic E-state index is -0.602. The van der Waals surface area contributed by atoms with Crippen LogP contribution < -0.4 is 16.2 Å². The molecule has 0 saturated heterocycles. The summed E-state index contributed by atoms with van der Waals surface area (Å²) < 4.78 is 5.18. The fourth-order valence-corrected chi connectivity index (χ4v) is 2.51. The Morgan fingerprint density at radius 1 is 0.700 bits per heavy atom. The lowest BCUT2D eigenvalue weighted by atomic mass is 9.87. The van der Waals surface area contributed by atoms with Crippen molar-refractivity contribution >= 4 is 23.6 Å². The fourth-order valence-electron chi connectivity index (χ4n) is 2.51. The number of benzene rings is 2. The molecule has 0 atom stereocenters. The van der Waals surface area contributed by atoms with Crippen LogP contribution in [0.15, 0.2) is 48.5 Å². The topological polar surface area (TPSA) is 96.5 Å². The number of nitrogens with one attached hydrogen (secondary N) is 3. The van der Waals surface area contributed by atoms with Crippen molar-refractivity contribution < 1.29 is 19.1 Å². The third-order valence-corrected chi connectivity index (χ3v) is 4.10. The van der Waals surface area contributed by atoms with Crippen LogP contribution in [-0.2, 0) is 10.2 Å². The molecule has 3 N–H and O–H groups in total. The third-order valence-electron chi connectivity index (χ3n) is 4.10. The van der Waals surface area contributed by atoms with E-state index < -0.39 is 23.5 Å². The number of ether oxygens (including phenoxy) is 1. The number of hydrazine groups is 1. The van der Waals surface area contributed by atoms with Crippen LogP contribution in [0.3, 0.4) is 0 Å². The average Bonchev–Trinajstić information content (AvgIpc) is 2.64. The molecular weight excluding hydrogens is 382 g/mol. The molecule has 0 fully saturated rings. The van der Waals surface area contributed by atoms with Gasteiger partial charge in [-0.05, 0) is 68.1 Å². The van der Waals surface area contributed by atoms with Crippen LogP contribution in [0.4, 0.5) is 10.5 Å². The lowest BCUT2D eigenvalue weighted by Gasteiger charge is -2.19. The predicted molar refractivity (Wildman–Crippen MR) is 116 cm³/mol. The Hall–Kier alpha value is -3.35. The van der Waals surface area contributed by atoms with E-state index in [-0.39, 0.29) is 5.41 Å². The smallest absolute Gasteiger partial charge is 0.412 e. The SMILES string of the molecule is CC(C)(C)OC(=O)Nc1ccc(C(=O)NNC(=O)c2ccc(C(C)(C)C)cc2)cc1. The Morgan fingerprint density at radius 2 is 1.13 bits per heavy atom. The second kappa shape index (κ2) is 8.98. The number of amides is 3. The first-order valence-corrected chi connectivity index (χ1v) is 9.66. The van der Waals surface area contributed by atoms with E-state index in [2.05, 4.69) is 36.9 Å². The number of anilines is 1. The number of carbonyl (C=O) groups is 3. The van der Waals surface area contributed by atoms with Gasteiger partial charge in [-0.25, -0.2) is 4.79 Å². The van der Waals surface area contributed by atoms with Crippen LogP contribution in [0.5, 0.6) is 0 Å². The maximum absolute atomic E-state index is 12.2. The Balaban J connectivity index is 1.90. The highest BCUT2D eigenvalue weighted by molar-refractivity contribution is 5.99. The summed E-state index contributed by atoms with van der Waals surface area (Å²) in [5, 5.41) is 2.59. The highest BCUT2D eigenvalue weighted by Gasteiger charge is 2.17. The predicted octanol–water partition coefficient (Wildman–Crippen LogP) is 4.41. The number of carbonyl (C=O) groups excluding carboxylic acids is 3. The molecule has 0 radical (unpaired) electrons. The zero-order chi connectivity index (χ0) is 22.5. The van der Waals surface area contributed by atoms with Gasteiger partial charge in [0.2, 0.25) is 0 Å². The zero-order valence-electron chi connectivity index (χ0n) is 18.3. The molecule has 30 heavy (non-hydrogen) atoms. The molecule has 2 aromatic carbocycles. The molecule has 0 aliphatic heterocycles. The molecule has 0 bridgehead atoms. The van der Waals surface area contributed by atoms with Gasteiger partial charge in [-0.1, -0.05) is 32.9 Å². The Morgan fingerprint density at radius 3 is 1.53 bits per heavy atom. The molecule has 0 spiro atoms. The van der Waals surface area contributed by atoms with Crippen LogP contribution in [0.1, 0.15) is 67.8 Å². The van der Waals surface area contributed by atoms with Gasteiger partial charge in [-0.3, -0.25) is 25.8 Å². The van der Waals surface area contributed by atoms with Gasteiger partial charge in [0.05, 0.1) is 0 Å². The summed E-state index contributed by atoms with van der Waals surface area (Å²) in [5.74, 6) is -0.884. The van der Waals surface area contributed by atoms with Crippen molar-refractivity contribution in [2.75, 3.05) is 5.32 Å². The molecule has 3 amide bonds. The van der Waals surface area contributed by atoms with E-state index in [1.165, 1.54) is 12.1 Å². The molecule has 0 saturated carbocycles. The summed E-state index contributed by atoms with van der Waals surface area (Å²) in [6.07, 6.45) is -0.579. The van der Waals surface area contributed by atoms with E-state index in [0.717, 1.165) is 5.56 Å². The summed E-state index contributed by atoms with van der Waals surface area (Å²) >= 11 is 0. The number of hydrogen-bond donors (Lipinski definition) is 3. The third kappa shape index (κ3) is 6.92. The van der Waals surface area contributed by atoms with Crippen molar-refractivity contribution in [1.82, 2.24) is 10.9 Å². The normalized spacial score (nSPS) is 11.4. The summed E-state index contributed by atoms with van der Waals surface area (Å²) in [4.78, 5) is 36.3. The molecule has 0 aromatic heterocycles. The first-order valence-electron chi connectivity index (χ1n) is 9.66. The van der Waals surface area contributed by atoms with Gasteiger partial charge < -0.3 is 4.74 Å². The highest BCUT2D eigenvalue weighted by Crippen LogP contribution is 2.22. The molecule has 0 heterocycles. The van der Waals surface area contributed by atoms with Gasteiger partial charge in [0, 0.05) is 16.8 Å². The lowest BCUT2D eigenvalue weighted by molar-refractivity contribution is 0.0635. The lowest BCUT2D eigenvalue weighted by Crippen LogP contribution is -2.41. The zero-order valence-corrected chi connectivity index (χ0v) is 18.3. The average molecular weight is 412 g/mol. The summed E-state index contributed by atoms with van der Waals surface area (Å²) in [6, 6.07) is 13.5. The van der Waals surface area contributed by atoms with Crippen molar-refractivity contribution in [3.05, 3.63) is 65.2 Å². The van der Waals surface area contributed by atoms with Gasteiger partial charge in [0.25, 0.3) is 11.8 Å².